The van der Waals surface area contributed by atoms with Gasteiger partial charge in [-0.1, -0.05) is 17.7 Å². The van der Waals surface area contributed by atoms with Crippen LogP contribution in [-0.4, -0.2) is 24.4 Å². The van der Waals surface area contributed by atoms with Gasteiger partial charge in [-0.05, 0) is 48.0 Å². The molecule has 2 N–H and O–H groups in total. The molecule has 2 aromatic carbocycles. The second-order valence-corrected chi connectivity index (χ2v) is 5.83. The number of hydrogen-bond acceptors (Lipinski definition) is 4. The van der Waals surface area contributed by atoms with Crippen LogP contribution in [0.1, 0.15) is 12.5 Å². The highest BCUT2D eigenvalue weighted by molar-refractivity contribution is 6.30. The van der Waals surface area contributed by atoms with E-state index >= 15 is 0 Å². The van der Waals surface area contributed by atoms with Crippen LogP contribution < -0.4 is 10.6 Å². The average molecular weight is 391 g/mol. The fourth-order valence-corrected chi connectivity index (χ4v) is 2.19. The molecule has 0 atom stereocenters. The second-order valence-electron chi connectivity index (χ2n) is 5.42. The molecule has 0 spiro atoms. The first-order chi connectivity index (χ1) is 12.8. The molecule has 0 aliphatic carbocycles. The van der Waals surface area contributed by atoms with Crippen LogP contribution in [-0.2, 0) is 19.1 Å². The molecule has 0 aliphatic heterocycles. The van der Waals surface area contributed by atoms with Crippen LogP contribution >= 0.6 is 11.6 Å². The van der Waals surface area contributed by atoms with Gasteiger partial charge in [0.1, 0.15) is 5.82 Å². The van der Waals surface area contributed by atoms with Gasteiger partial charge in [0.25, 0.3) is 5.91 Å². The molecule has 0 radical (unpaired) electrons. The van der Waals surface area contributed by atoms with Crippen molar-refractivity contribution >= 4 is 46.8 Å². The van der Waals surface area contributed by atoms with Gasteiger partial charge in [-0.2, -0.15) is 0 Å². The summed E-state index contributed by atoms with van der Waals surface area (Å²) in [5.74, 6) is -2.01. The van der Waals surface area contributed by atoms with E-state index in [9.17, 15) is 18.8 Å². The van der Waals surface area contributed by atoms with Crippen LogP contribution in [0.25, 0.3) is 6.08 Å². The lowest BCUT2D eigenvalue weighted by molar-refractivity contribution is -0.142. The number of esters is 1. The molecule has 6 nitrogen and oxygen atoms in total. The summed E-state index contributed by atoms with van der Waals surface area (Å²) < 4.78 is 17.9. The maximum atomic E-state index is 13.1. The molecule has 27 heavy (non-hydrogen) atoms. The molecule has 0 saturated carbocycles. The number of rotatable bonds is 6. The van der Waals surface area contributed by atoms with Crippen LogP contribution in [0.15, 0.2) is 48.5 Å². The van der Waals surface area contributed by atoms with Gasteiger partial charge in [0, 0.05) is 24.4 Å². The first-order valence-corrected chi connectivity index (χ1v) is 8.18. The summed E-state index contributed by atoms with van der Waals surface area (Å²) in [6.07, 6.45) is 2.51. The molecule has 140 valence electrons. The number of carbonyl (C=O) groups is 3. The fourth-order valence-electron chi connectivity index (χ4n) is 2.00. The Kier molecular flexibility index (Phi) is 7.08. The van der Waals surface area contributed by atoms with Gasteiger partial charge in [-0.25, -0.2) is 9.18 Å². The van der Waals surface area contributed by atoms with Gasteiger partial charge in [0.2, 0.25) is 5.91 Å². The van der Waals surface area contributed by atoms with Gasteiger partial charge in [-0.15, -0.1) is 0 Å². The zero-order valence-corrected chi connectivity index (χ0v) is 15.0. The number of halogens is 2. The third-order valence-corrected chi connectivity index (χ3v) is 3.48. The van der Waals surface area contributed by atoms with Crippen LogP contribution in [0.3, 0.4) is 0 Å². The molecule has 0 aromatic heterocycles. The third kappa shape index (κ3) is 6.91. The normalized spacial score (nSPS) is 10.5. The summed E-state index contributed by atoms with van der Waals surface area (Å²) in [7, 11) is 0. The zero-order valence-electron chi connectivity index (χ0n) is 14.3. The Bertz CT molecular complexity index is 882. The van der Waals surface area contributed by atoms with E-state index in [2.05, 4.69) is 10.6 Å². The van der Waals surface area contributed by atoms with Gasteiger partial charge >= 0.3 is 5.97 Å². The van der Waals surface area contributed by atoms with Crippen LogP contribution in [0.2, 0.25) is 5.02 Å². The van der Waals surface area contributed by atoms with E-state index in [1.165, 1.54) is 31.2 Å². The SMILES string of the molecule is CC(=O)Nc1ccc(NC(=O)COC(=O)/C=C/c2ccc(F)c(Cl)c2)cc1. The molecule has 0 heterocycles. The van der Waals surface area contributed by atoms with Gasteiger partial charge < -0.3 is 15.4 Å². The van der Waals surface area contributed by atoms with Crippen molar-refractivity contribution in [1.82, 2.24) is 0 Å². The monoisotopic (exact) mass is 390 g/mol. The molecule has 0 aliphatic rings. The molecule has 0 saturated heterocycles. The smallest absolute Gasteiger partial charge is 0.331 e. The third-order valence-electron chi connectivity index (χ3n) is 3.19. The van der Waals surface area contributed by atoms with Gasteiger partial charge in [0.05, 0.1) is 5.02 Å². The molecule has 0 unspecified atom stereocenters. The number of carbonyl (C=O) groups excluding carboxylic acids is 3. The van der Waals surface area contributed by atoms with Crippen molar-refractivity contribution in [2.45, 2.75) is 6.92 Å². The summed E-state index contributed by atoms with van der Waals surface area (Å²) in [6.45, 7) is 0.921. The molecule has 8 heteroatoms. The van der Waals surface area contributed by atoms with Crippen molar-refractivity contribution < 1.29 is 23.5 Å². The van der Waals surface area contributed by atoms with Crippen molar-refractivity contribution in [2.75, 3.05) is 17.2 Å². The summed E-state index contributed by atoms with van der Waals surface area (Å²) in [4.78, 5) is 34.4. The quantitative estimate of drug-likeness (QED) is 0.582. The van der Waals surface area contributed by atoms with E-state index in [0.29, 0.717) is 16.9 Å². The second kappa shape index (κ2) is 9.49. The largest absolute Gasteiger partial charge is 0.452 e. The molecular formula is C19H16ClFN2O4. The van der Waals surface area contributed by atoms with E-state index in [1.807, 2.05) is 0 Å². The van der Waals surface area contributed by atoms with Crippen molar-refractivity contribution in [3.63, 3.8) is 0 Å². The van der Waals surface area contributed by atoms with Gasteiger partial charge in [-0.3, -0.25) is 9.59 Å². The minimum absolute atomic E-state index is 0.0607. The van der Waals surface area contributed by atoms with E-state index < -0.39 is 24.3 Å². The summed E-state index contributed by atoms with van der Waals surface area (Å²) >= 11 is 5.64. The number of ether oxygens (including phenoxy) is 1. The standard InChI is InChI=1S/C19H16ClFN2O4/c1-12(24)22-14-4-6-15(7-5-14)23-18(25)11-27-19(26)9-3-13-2-8-17(21)16(20)10-13/h2-10H,11H2,1H3,(H,22,24)(H,23,25)/b9-3+. The highest BCUT2D eigenvalue weighted by atomic mass is 35.5. The fraction of sp³-hybridized carbons (Fsp3) is 0.105. The minimum atomic E-state index is -0.730. The molecule has 2 aromatic rings. The Morgan fingerprint density at radius 2 is 1.70 bits per heavy atom. The molecule has 2 rings (SSSR count). The number of hydrogen-bond donors (Lipinski definition) is 2. The van der Waals surface area contributed by atoms with Crippen LogP contribution in [0.5, 0.6) is 0 Å². The number of anilines is 2. The zero-order chi connectivity index (χ0) is 19.8. The number of amides is 2. The topological polar surface area (TPSA) is 84.5 Å². The predicted molar refractivity (Wildman–Crippen MR) is 101 cm³/mol. The highest BCUT2D eigenvalue weighted by Crippen LogP contribution is 2.17. The summed E-state index contributed by atoms with van der Waals surface area (Å²) in [6, 6.07) is 10.4. The van der Waals surface area contributed by atoms with Crippen molar-refractivity contribution in [3.8, 4) is 0 Å². The molecular weight excluding hydrogens is 375 g/mol. The lowest BCUT2D eigenvalue weighted by atomic mass is 10.2. The number of nitrogens with one attached hydrogen (secondary N) is 2. The Balaban J connectivity index is 1.80. The lowest BCUT2D eigenvalue weighted by Gasteiger charge is -2.07. The summed E-state index contributed by atoms with van der Waals surface area (Å²) in [5.41, 5.74) is 1.60. The molecule has 0 bridgehead atoms. The van der Waals surface area contributed by atoms with Crippen LogP contribution in [0.4, 0.5) is 15.8 Å². The van der Waals surface area contributed by atoms with Crippen LogP contribution in [0, 0.1) is 5.82 Å². The average Bonchev–Trinajstić information content (AvgIpc) is 2.62. The predicted octanol–water partition coefficient (Wildman–Crippen LogP) is 3.63. The van der Waals surface area contributed by atoms with Gasteiger partial charge in [0.15, 0.2) is 6.61 Å². The maximum absolute atomic E-state index is 13.1. The first-order valence-electron chi connectivity index (χ1n) is 7.81. The summed E-state index contributed by atoms with van der Waals surface area (Å²) in [5, 5.41) is 5.09. The number of benzene rings is 2. The Morgan fingerprint density at radius 1 is 1.07 bits per heavy atom. The van der Waals surface area contributed by atoms with E-state index in [1.54, 1.807) is 24.3 Å². The Morgan fingerprint density at radius 3 is 2.30 bits per heavy atom. The van der Waals surface area contributed by atoms with Crippen molar-refractivity contribution in [1.29, 1.82) is 0 Å². The Hall–Kier alpha value is -3.19. The van der Waals surface area contributed by atoms with Crippen molar-refractivity contribution in [2.24, 2.45) is 0 Å². The highest BCUT2D eigenvalue weighted by Gasteiger charge is 2.06. The molecule has 2 amide bonds. The van der Waals surface area contributed by atoms with E-state index in [-0.39, 0.29) is 10.9 Å². The molecule has 0 fully saturated rings. The van der Waals surface area contributed by atoms with E-state index in [4.69, 9.17) is 16.3 Å². The lowest BCUT2D eigenvalue weighted by Crippen LogP contribution is -2.20. The Labute approximate surface area is 160 Å². The van der Waals surface area contributed by atoms with Crippen molar-refractivity contribution in [3.05, 3.63) is 64.9 Å². The maximum Gasteiger partial charge on any atom is 0.331 e. The van der Waals surface area contributed by atoms with E-state index in [0.717, 1.165) is 6.08 Å². The first kappa shape index (κ1) is 20.1. The minimum Gasteiger partial charge on any atom is -0.452 e.